The third kappa shape index (κ3) is 81.6. The predicted molar refractivity (Wildman–Crippen MR) is 463 cm³/mol. The molecule has 0 radical (unpaired) electrons. The molecule has 0 aromatic rings. The van der Waals surface area contributed by atoms with Crippen LogP contribution >= 0.6 is 15.6 Å². The van der Waals surface area contributed by atoms with E-state index in [1.165, 1.54) is 0 Å². The molecule has 0 saturated heterocycles. The van der Waals surface area contributed by atoms with Crippen LogP contribution in [0.1, 0.15) is 297 Å². The van der Waals surface area contributed by atoms with Gasteiger partial charge in [0, 0.05) is 25.7 Å². The van der Waals surface area contributed by atoms with Crippen molar-refractivity contribution in [3.05, 3.63) is 207 Å². The van der Waals surface area contributed by atoms with Crippen molar-refractivity contribution < 1.29 is 80.2 Å². The first-order valence-corrected chi connectivity index (χ1v) is 45.3. The first-order valence-electron chi connectivity index (χ1n) is 42.3. The molecule has 0 aromatic heterocycles. The number of carbonyl (C=O) groups excluding carboxylic acids is 4. The number of phosphoric ester groups is 2. The monoisotopic (exact) mass is 1600 g/mol. The molecule has 0 amide bonds. The number of aliphatic hydroxyl groups is 1. The normalized spacial score (nSPS) is 14.8. The zero-order valence-corrected chi connectivity index (χ0v) is 71.0. The fraction of sp³-hybridized carbons (Fsp3) is 0.591. The van der Waals surface area contributed by atoms with E-state index in [1.54, 1.807) is 0 Å². The summed E-state index contributed by atoms with van der Waals surface area (Å²) < 4.78 is 68.7. The van der Waals surface area contributed by atoms with Crippen molar-refractivity contribution in [1.82, 2.24) is 0 Å². The van der Waals surface area contributed by atoms with Gasteiger partial charge in [-0.25, -0.2) is 9.13 Å². The van der Waals surface area contributed by atoms with E-state index in [1.807, 2.05) is 18.2 Å². The first kappa shape index (κ1) is 106. The number of rotatable bonds is 77. The van der Waals surface area contributed by atoms with Crippen molar-refractivity contribution in [2.45, 2.75) is 316 Å². The molecule has 112 heavy (non-hydrogen) atoms. The van der Waals surface area contributed by atoms with E-state index in [2.05, 4.69) is 216 Å². The minimum Gasteiger partial charge on any atom is -0.462 e. The van der Waals surface area contributed by atoms with Gasteiger partial charge in [0.25, 0.3) is 0 Å². The second kappa shape index (κ2) is 82.6. The highest BCUT2D eigenvalue weighted by Gasteiger charge is 2.30. The molecule has 632 valence electrons. The van der Waals surface area contributed by atoms with E-state index < -0.39 is 97.5 Å². The van der Waals surface area contributed by atoms with Crippen molar-refractivity contribution in [1.29, 1.82) is 0 Å². The smallest absolute Gasteiger partial charge is 0.462 e. The maximum Gasteiger partial charge on any atom is 0.472 e. The van der Waals surface area contributed by atoms with Crippen LogP contribution in [0.5, 0.6) is 0 Å². The van der Waals surface area contributed by atoms with Crippen LogP contribution in [-0.4, -0.2) is 96.7 Å². The maximum atomic E-state index is 13.1. The number of esters is 4. The van der Waals surface area contributed by atoms with Gasteiger partial charge in [-0.2, -0.15) is 0 Å². The molecule has 0 bridgehead atoms. The first-order chi connectivity index (χ1) is 54.7. The summed E-state index contributed by atoms with van der Waals surface area (Å²) in [5.41, 5.74) is 0. The lowest BCUT2D eigenvalue weighted by molar-refractivity contribution is -0.161. The molecule has 0 aliphatic rings. The summed E-state index contributed by atoms with van der Waals surface area (Å²) in [6.07, 6.45) is 104. The van der Waals surface area contributed by atoms with E-state index in [4.69, 9.17) is 37.0 Å². The standard InChI is InChI=1S/C93H148O17P2/c1-5-9-13-17-21-25-29-33-37-41-43-47-49-53-57-61-65-69-73-77-90(95)103-83-88(109-92(97)79-75-71-67-63-59-55-51-45-39-35-31-27-23-19-15-11-7-3)85-107-111(99,100)105-81-87(94)82-106-112(101,102)108-86-89(110-93(98)80-76-72-68-64-60-56-52-46-40-36-32-28-24-20-16-12-8-4)84-104-91(96)78-74-70-66-62-58-54-50-48-44-42-38-34-30-26-22-18-14-10-6-2/h9-16,21-28,33-40,43-44,47-48,53-54,57-58,65,69,87-89,94H,5-8,17-20,29-32,41-42,45-46,49-52,55-56,59-64,66-68,70-86H2,1-4H3,(H,99,100)(H,101,102)/b13-9-,14-10-,15-11-,16-12-,25-21-,26-22-,27-23-,28-24-,37-33-,38-34-,39-35-,40-36-,47-43-,48-44-,57-53-,58-54-,69-65-. The van der Waals surface area contributed by atoms with Crippen LogP contribution in [0.15, 0.2) is 207 Å². The second-order valence-electron chi connectivity index (χ2n) is 27.2. The predicted octanol–water partition coefficient (Wildman–Crippen LogP) is 25.4. The van der Waals surface area contributed by atoms with Gasteiger partial charge < -0.3 is 33.8 Å². The van der Waals surface area contributed by atoms with E-state index in [-0.39, 0.29) is 25.7 Å². The van der Waals surface area contributed by atoms with Crippen LogP contribution in [0.4, 0.5) is 0 Å². The summed E-state index contributed by atoms with van der Waals surface area (Å²) in [5, 5.41) is 10.7. The summed E-state index contributed by atoms with van der Waals surface area (Å²) in [5.74, 6) is -2.35. The summed E-state index contributed by atoms with van der Waals surface area (Å²) in [6, 6.07) is 0. The van der Waals surface area contributed by atoms with Crippen molar-refractivity contribution >= 4 is 39.5 Å². The number of hydrogen-bond donors (Lipinski definition) is 3. The Morgan fingerprint density at radius 2 is 0.455 bits per heavy atom. The highest BCUT2D eigenvalue weighted by molar-refractivity contribution is 7.47. The molecule has 0 fully saturated rings. The molecular formula is C93H148O17P2. The molecular weight excluding hydrogens is 1450 g/mol. The highest BCUT2D eigenvalue weighted by atomic mass is 31.2. The fourth-order valence-electron chi connectivity index (χ4n) is 10.5. The van der Waals surface area contributed by atoms with Gasteiger partial charge in [0.15, 0.2) is 12.2 Å². The van der Waals surface area contributed by atoms with Gasteiger partial charge in [-0.05, 0) is 173 Å². The van der Waals surface area contributed by atoms with Crippen LogP contribution in [0, 0.1) is 0 Å². The quantitative estimate of drug-likeness (QED) is 0.0169. The van der Waals surface area contributed by atoms with Gasteiger partial charge in [-0.15, -0.1) is 0 Å². The van der Waals surface area contributed by atoms with Gasteiger partial charge in [-0.1, -0.05) is 305 Å². The largest absolute Gasteiger partial charge is 0.472 e. The van der Waals surface area contributed by atoms with E-state index in [0.29, 0.717) is 32.1 Å². The third-order valence-electron chi connectivity index (χ3n) is 16.7. The number of aliphatic hydroxyl groups excluding tert-OH is 1. The number of allylic oxidation sites excluding steroid dienone is 34. The molecule has 0 rings (SSSR count). The molecule has 19 heteroatoms. The van der Waals surface area contributed by atoms with Crippen LogP contribution in [-0.2, 0) is 65.4 Å². The Bertz CT molecular complexity index is 2940. The summed E-state index contributed by atoms with van der Waals surface area (Å²) >= 11 is 0. The highest BCUT2D eigenvalue weighted by Crippen LogP contribution is 2.45. The molecule has 0 spiro atoms. The van der Waals surface area contributed by atoms with Crippen LogP contribution in [0.2, 0.25) is 0 Å². The van der Waals surface area contributed by atoms with Gasteiger partial charge >= 0.3 is 39.5 Å². The Hall–Kier alpha value is -6.36. The molecule has 0 aliphatic heterocycles. The second-order valence-corrected chi connectivity index (χ2v) is 30.1. The Balaban J connectivity index is 5.52. The molecule has 5 unspecified atom stereocenters. The number of carbonyl (C=O) groups is 4. The SMILES string of the molecule is CC/C=C\C/C=C\C/C=C\C/C=C\C/C=C\C/C=C\CCC(=O)OCC(COP(=O)(O)OCC(O)COP(=O)(O)OCC(COC(=O)CCCCC/C=C\C/C=C\C/C=C\C/C=C\C/C=C\CC)OC(=O)CCCCCCCCC/C=C\C/C=C\C/C=C\CC)OC(=O)CCCCCCCCC/C=C\C/C=C\C/C=C\CC. The Morgan fingerprint density at radius 3 is 0.732 bits per heavy atom. The average molecular weight is 1600 g/mol. The summed E-state index contributed by atoms with van der Waals surface area (Å²) in [7, 11) is -10.0. The number of hydrogen-bond acceptors (Lipinski definition) is 15. The molecule has 5 atom stereocenters. The van der Waals surface area contributed by atoms with E-state index >= 15 is 0 Å². The zero-order valence-electron chi connectivity index (χ0n) is 69.3. The average Bonchev–Trinajstić information content (AvgIpc) is 0.895. The lowest BCUT2D eigenvalue weighted by Gasteiger charge is -2.21. The van der Waals surface area contributed by atoms with Crippen LogP contribution in [0.3, 0.4) is 0 Å². The van der Waals surface area contributed by atoms with Gasteiger partial charge in [0.2, 0.25) is 0 Å². The fourth-order valence-corrected chi connectivity index (χ4v) is 12.1. The Kier molecular flexibility index (Phi) is 77.9. The molecule has 0 aromatic carbocycles. The maximum absolute atomic E-state index is 13.1. The minimum absolute atomic E-state index is 0.0254. The van der Waals surface area contributed by atoms with E-state index in [0.717, 1.165) is 212 Å². The lowest BCUT2D eigenvalue weighted by Crippen LogP contribution is -2.30. The number of phosphoric acid groups is 2. The Labute approximate surface area is 678 Å². The number of unbranched alkanes of at least 4 members (excludes halogenated alkanes) is 17. The third-order valence-corrected chi connectivity index (χ3v) is 18.6. The molecule has 0 saturated carbocycles. The van der Waals surface area contributed by atoms with Gasteiger partial charge in [-0.3, -0.25) is 37.3 Å². The van der Waals surface area contributed by atoms with E-state index in [9.17, 15) is 43.2 Å². The topological polar surface area (TPSA) is 237 Å². The zero-order chi connectivity index (χ0) is 81.7. The van der Waals surface area contributed by atoms with Crippen molar-refractivity contribution in [3.8, 4) is 0 Å². The van der Waals surface area contributed by atoms with Crippen molar-refractivity contribution in [2.75, 3.05) is 39.6 Å². The van der Waals surface area contributed by atoms with Crippen LogP contribution in [0.25, 0.3) is 0 Å². The summed E-state index contributed by atoms with van der Waals surface area (Å²) in [4.78, 5) is 73.3. The summed E-state index contributed by atoms with van der Waals surface area (Å²) in [6.45, 7) is 4.28. The van der Waals surface area contributed by atoms with Gasteiger partial charge in [0.1, 0.15) is 19.3 Å². The molecule has 17 nitrogen and oxygen atoms in total. The molecule has 0 aliphatic carbocycles. The van der Waals surface area contributed by atoms with Crippen molar-refractivity contribution in [3.63, 3.8) is 0 Å². The lowest BCUT2D eigenvalue weighted by atomic mass is 10.1. The van der Waals surface area contributed by atoms with Crippen molar-refractivity contribution in [2.24, 2.45) is 0 Å². The Morgan fingerprint density at radius 1 is 0.250 bits per heavy atom. The molecule has 3 N–H and O–H groups in total. The number of ether oxygens (including phenoxy) is 4. The minimum atomic E-state index is -5.02. The van der Waals surface area contributed by atoms with Gasteiger partial charge in [0.05, 0.1) is 26.4 Å². The molecule has 0 heterocycles. The van der Waals surface area contributed by atoms with Crippen LogP contribution < -0.4 is 0 Å².